The molecule has 5 nitrogen and oxygen atoms in total. The summed E-state index contributed by atoms with van der Waals surface area (Å²) in [4.78, 5) is 22.1. The lowest BCUT2D eigenvalue weighted by Gasteiger charge is -2.24. The summed E-state index contributed by atoms with van der Waals surface area (Å²) in [6, 6.07) is 10.5. The van der Waals surface area contributed by atoms with Crippen LogP contribution in [0.5, 0.6) is 5.75 Å². The molecule has 0 radical (unpaired) electrons. The maximum atomic E-state index is 12.1. The number of H-pyrrole nitrogens is 1. The predicted molar refractivity (Wildman–Crippen MR) is 95.6 cm³/mol. The number of thiophene rings is 1. The monoisotopic (exact) mass is 341 g/mol. The second-order valence-electron chi connectivity index (χ2n) is 6.05. The van der Waals surface area contributed by atoms with E-state index in [9.17, 15) is 4.79 Å². The Hall–Kier alpha value is -2.18. The van der Waals surface area contributed by atoms with Crippen LogP contribution in [0.3, 0.4) is 0 Å². The summed E-state index contributed by atoms with van der Waals surface area (Å²) in [5, 5.41) is 1.91. The Morgan fingerprint density at radius 2 is 2.33 bits per heavy atom. The Balaban J connectivity index is 1.61. The van der Waals surface area contributed by atoms with Crippen molar-refractivity contribution in [2.45, 2.75) is 25.4 Å². The molecule has 3 aromatic rings. The highest BCUT2D eigenvalue weighted by molar-refractivity contribution is 7.17. The largest absolute Gasteiger partial charge is 0.497 e. The van der Waals surface area contributed by atoms with Gasteiger partial charge in [-0.15, -0.1) is 11.3 Å². The van der Waals surface area contributed by atoms with Gasteiger partial charge in [0, 0.05) is 6.04 Å². The van der Waals surface area contributed by atoms with E-state index in [4.69, 9.17) is 4.74 Å². The molecule has 0 aliphatic carbocycles. The predicted octanol–water partition coefficient (Wildman–Crippen LogP) is 3.33. The van der Waals surface area contributed by atoms with Gasteiger partial charge in [0.2, 0.25) is 0 Å². The van der Waals surface area contributed by atoms with E-state index in [-0.39, 0.29) is 5.56 Å². The number of nitrogens with zero attached hydrogens (tertiary/aromatic N) is 2. The molecule has 1 saturated heterocycles. The molecule has 0 bridgehead atoms. The van der Waals surface area contributed by atoms with Crippen LogP contribution in [0.25, 0.3) is 10.2 Å². The van der Waals surface area contributed by atoms with Gasteiger partial charge in [0.05, 0.1) is 19.2 Å². The molecule has 6 heteroatoms. The lowest BCUT2D eigenvalue weighted by Crippen LogP contribution is -2.25. The molecule has 1 aromatic carbocycles. The summed E-state index contributed by atoms with van der Waals surface area (Å²) >= 11 is 1.43. The van der Waals surface area contributed by atoms with Gasteiger partial charge in [0.1, 0.15) is 16.3 Å². The first kappa shape index (κ1) is 15.4. The summed E-state index contributed by atoms with van der Waals surface area (Å²) in [6.45, 7) is 1.66. The number of methoxy groups -OCH3 is 1. The van der Waals surface area contributed by atoms with Gasteiger partial charge in [-0.3, -0.25) is 9.69 Å². The zero-order chi connectivity index (χ0) is 16.5. The number of rotatable bonds is 4. The smallest absolute Gasteiger partial charge is 0.268 e. The van der Waals surface area contributed by atoms with E-state index in [1.807, 2.05) is 23.6 Å². The van der Waals surface area contributed by atoms with E-state index < -0.39 is 0 Å². The van der Waals surface area contributed by atoms with E-state index >= 15 is 0 Å². The van der Waals surface area contributed by atoms with Crippen molar-refractivity contribution in [1.29, 1.82) is 0 Å². The van der Waals surface area contributed by atoms with Crippen molar-refractivity contribution < 1.29 is 4.74 Å². The number of ether oxygens (including phenoxy) is 1. The molecule has 2 aromatic heterocycles. The lowest BCUT2D eigenvalue weighted by molar-refractivity contribution is 0.242. The lowest BCUT2D eigenvalue weighted by atomic mass is 10.0. The molecule has 0 spiro atoms. The zero-order valence-electron chi connectivity index (χ0n) is 13.5. The Bertz CT molecular complexity index is 918. The van der Waals surface area contributed by atoms with Crippen LogP contribution in [0.2, 0.25) is 0 Å². The molecule has 1 N–H and O–H groups in total. The van der Waals surface area contributed by atoms with Crippen molar-refractivity contribution in [3.8, 4) is 5.75 Å². The van der Waals surface area contributed by atoms with Gasteiger partial charge in [0.25, 0.3) is 5.56 Å². The molecular formula is C18H19N3O2S. The van der Waals surface area contributed by atoms with Gasteiger partial charge in [0.15, 0.2) is 0 Å². The first-order valence-corrected chi connectivity index (χ1v) is 8.97. The van der Waals surface area contributed by atoms with Crippen molar-refractivity contribution in [2.24, 2.45) is 0 Å². The Kier molecular flexibility index (Phi) is 4.08. The molecule has 0 saturated carbocycles. The minimum absolute atomic E-state index is 0.0397. The number of benzene rings is 1. The molecule has 1 aliphatic rings. The van der Waals surface area contributed by atoms with Crippen LogP contribution in [0.4, 0.5) is 0 Å². The second kappa shape index (κ2) is 6.37. The minimum Gasteiger partial charge on any atom is -0.497 e. The van der Waals surface area contributed by atoms with Gasteiger partial charge in [-0.25, -0.2) is 4.98 Å². The van der Waals surface area contributed by atoms with Crippen molar-refractivity contribution in [3.63, 3.8) is 0 Å². The normalized spacial score (nSPS) is 18.3. The Morgan fingerprint density at radius 3 is 3.21 bits per heavy atom. The quantitative estimate of drug-likeness (QED) is 0.791. The molecule has 124 valence electrons. The van der Waals surface area contributed by atoms with Crippen molar-refractivity contribution in [3.05, 3.63) is 57.5 Å². The van der Waals surface area contributed by atoms with Crippen LogP contribution in [0.1, 0.15) is 30.3 Å². The van der Waals surface area contributed by atoms with Crippen LogP contribution in [0, 0.1) is 0 Å². The topological polar surface area (TPSA) is 58.2 Å². The number of nitrogens with one attached hydrogen (secondary N) is 1. The molecule has 1 fully saturated rings. The van der Waals surface area contributed by atoms with Crippen molar-refractivity contribution in [1.82, 2.24) is 14.9 Å². The molecule has 24 heavy (non-hydrogen) atoms. The fourth-order valence-corrected chi connectivity index (χ4v) is 4.16. The van der Waals surface area contributed by atoms with Gasteiger partial charge in [-0.05, 0) is 48.5 Å². The van der Waals surface area contributed by atoms with Crippen LogP contribution in [0.15, 0.2) is 40.5 Å². The SMILES string of the molecule is COc1cccc(C2CCCN2Cc2nc3ccsc3c(=O)[nH]2)c1. The van der Waals surface area contributed by atoms with Crippen LogP contribution in [-0.4, -0.2) is 28.5 Å². The third-order valence-corrected chi connectivity index (χ3v) is 5.46. The summed E-state index contributed by atoms with van der Waals surface area (Å²) in [5.74, 6) is 1.62. The number of aromatic nitrogens is 2. The van der Waals surface area contributed by atoms with Crippen LogP contribution in [-0.2, 0) is 6.54 Å². The van der Waals surface area contributed by atoms with Crippen LogP contribution < -0.4 is 10.3 Å². The molecule has 1 aliphatic heterocycles. The fourth-order valence-electron chi connectivity index (χ4n) is 3.43. The maximum Gasteiger partial charge on any atom is 0.268 e. The summed E-state index contributed by atoms with van der Waals surface area (Å²) in [5.41, 5.74) is 2.00. The standard InChI is InChI=1S/C18H19N3O2S/c1-23-13-5-2-4-12(10-13)15-6-3-8-21(15)11-16-19-14-7-9-24-17(14)18(22)20-16/h2,4-5,7,9-10,15H,3,6,8,11H2,1H3,(H,19,20,22). The van der Waals surface area contributed by atoms with Gasteiger partial charge < -0.3 is 9.72 Å². The van der Waals surface area contributed by atoms with Crippen molar-refractivity contribution in [2.75, 3.05) is 13.7 Å². The number of aromatic amines is 1. The Morgan fingerprint density at radius 1 is 1.42 bits per heavy atom. The van der Waals surface area contributed by atoms with E-state index in [1.165, 1.54) is 16.9 Å². The molecule has 1 unspecified atom stereocenters. The third-order valence-electron chi connectivity index (χ3n) is 4.56. The average Bonchev–Trinajstić information content (AvgIpc) is 3.24. The highest BCUT2D eigenvalue weighted by Crippen LogP contribution is 2.34. The first-order chi connectivity index (χ1) is 11.7. The average molecular weight is 341 g/mol. The second-order valence-corrected chi connectivity index (χ2v) is 6.97. The molecule has 1 atom stereocenters. The highest BCUT2D eigenvalue weighted by atomic mass is 32.1. The van der Waals surface area contributed by atoms with Gasteiger partial charge >= 0.3 is 0 Å². The molecule has 0 amide bonds. The van der Waals surface area contributed by atoms with Gasteiger partial charge in [-0.1, -0.05) is 12.1 Å². The third kappa shape index (κ3) is 2.83. The first-order valence-electron chi connectivity index (χ1n) is 8.09. The number of hydrogen-bond donors (Lipinski definition) is 1. The number of fused-ring (bicyclic) bond motifs is 1. The van der Waals surface area contributed by atoms with E-state index in [1.54, 1.807) is 7.11 Å². The maximum absolute atomic E-state index is 12.1. The van der Waals surface area contributed by atoms with E-state index in [0.717, 1.165) is 36.5 Å². The van der Waals surface area contributed by atoms with E-state index in [0.29, 0.717) is 17.3 Å². The Labute approximate surface area is 143 Å². The summed E-state index contributed by atoms with van der Waals surface area (Å²) < 4.78 is 6.04. The molecular weight excluding hydrogens is 322 g/mol. The van der Waals surface area contributed by atoms with E-state index in [2.05, 4.69) is 27.0 Å². The fraction of sp³-hybridized carbons (Fsp3) is 0.333. The van der Waals surface area contributed by atoms with Crippen molar-refractivity contribution >= 4 is 21.6 Å². The summed E-state index contributed by atoms with van der Waals surface area (Å²) in [6.07, 6.45) is 2.25. The number of likely N-dealkylation sites (tertiary alicyclic amines) is 1. The molecule has 4 rings (SSSR count). The number of hydrogen-bond acceptors (Lipinski definition) is 5. The minimum atomic E-state index is -0.0397. The van der Waals surface area contributed by atoms with Crippen LogP contribution >= 0.6 is 11.3 Å². The highest BCUT2D eigenvalue weighted by Gasteiger charge is 2.27. The zero-order valence-corrected chi connectivity index (χ0v) is 14.3. The summed E-state index contributed by atoms with van der Waals surface area (Å²) in [7, 11) is 1.69. The van der Waals surface area contributed by atoms with Gasteiger partial charge in [-0.2, -0.15) is 0 Å². The molecule has 3 heterocycles.